The molecule has 13 heteroatoms. The van der Waals surface area contributed by atoms with E-state index in [4.69, 9.17) is 46.4 Å². The van der Waals surface area contributed by atoms with Crippen LogP contribution in [0.15, 0.2) is 35.4 Å². The van der Waals surface area contributed by atoms with Crippen LogP contribution >= 0.6 is 46.4 Å². The summed E-state index contributed by atoms with van der Waals surface area (Å²) in [4.78, 5) is 31.4. The van der Waals surface area contributed by atoms with E-state index in [-0.39, 0.29) is 27.5 Å². The van der Waals surface area contributed by atoms with Crippen LogP contribution in [0.5, 0.6) is 0 Å². The molecular formula is C35H45Cl4N7O2. The average molecular weight is 738 g/mol. The number of unbranched alkanes of at least 4 members (excludes halogenated alkanes) is 10. The summed E-state index contributed by atoms with van der Waals surface area (Å²) in [5.41, 5.74) is 1.21. The van der Waals surface area contributed by atoms with Crippen molar-refractivity contribution in [3.8, 4) is 0 Å². The second-order valence-electron chi connectivity index (χ2n) is 12.0. The summed E-state index contributed by atoms with van der Waals surface area (Å²) in [5, 5.41) is 17.6. The molecule has 1 unspecified atom stereocenters. The van der Waals surface area contributed by atoms with Gasteiger partial charge in [-0.1, -0.05) is 131 Å². The summed E-state index contributed by atoms with van der Waals surface area (Å²) in [7, 11) is 0. The summed E-state index contributed by atoms with van der Waals surface area (Å²) in [5.74, 6) is 0.935. The molecule has 2 amide bonds. The van der Waals surface area contributed by atoms with Crippen molar-refractivity contribution in [3.63, 3.8) is 0 Å². The van der Waals surface area contributed by atoms with Gasteiger partial charge in [0.05, 0.1) is 20.8 Å². The molecule has 0 saturated carbocycles. The van der Waals surface area contributed by atoms with Gasteiger partial charge in [-0.2, -0.15) is 10.1 Å². The fourth-order valence-corrected chi connectivity index (χ4v) is 6.81. The van der Waals surface area contributed by atoms with Gasteiger partial charge in [-0.05, 0) is 36.8 Å². The van der Waals surface area contributed by atoms with E-state index in [1.54, 1.807) is 22.9 Å². The van der Waals surface area contributed by atoms with Gasteiger partial charge in [0.15, 0.2) is 17.7 Å². The molecule has 9 nitrogen and oxygen atoms in total. The van der Waals surface area contributed by atoms with Crippen molar-refractivity contribution in [2.75, 3.05) is 15.6 Å². The highest BCUT2D eigenvalue weighted by molar-refractivity contribution is 6.43. The van der Waals surface area contributed by atoms with E-state index < -0.39 is 11.9 Å². The molecule has 4 rings (SSSR count). The topological polar surface area (TPSA) is 105 Å². The first kappa shape index (κ1) is 38.0. The van der Waals surface area contributed by atoms with E-state index in [0.29, 0.717) is 52.3 Å². The number of benzene rings is 2. The van der Waals surface area contributed by atoms with Crippen LogP contribution in [0.1, 0.15) is 116 Å². The van der Waals surface area contributed by atoms with Gasteiger partial charge in [-0.15, -0.1) is 5.10 Å². The van der Waals surface area contributed by atoms with Crippen molar-refractivity contribution in [2.24, 2.45) is 5.10 Å². The van der Waals surface area contributed by atoms with E-state index in [9.17, 15) is 9.59 Å². The maximum absolute atomic E-state index is 14.0. The summed E-state index contributed by atoms with van der Waals surface area (Å²) in [6, 6.07) is 7.12. The van der Waals surface area contributed by atoms with Crippen molar-refractivity contribution in [1.82, 2.24) is 14.8 Å². The standard InChI is InChI=1S/C35H45Cl4N7O2/c1-4-7-8-9-10-11-12-13-14-15-16-17-31(47)40-24-18-19-25(37)28(22-24)41-34-33(45-30(6-3)42-29(5-2)43-45)35(48)46(44-34)32-26(38)20-23(36)21-27(32)39/h18-22,33H,4-17H2,1-3H3,(H,40,47)(H,41,44). The predicted octanol–water partition coefficient (Wildman–Crippen LogP) is 10.7. The summed E-state index contributed by atoms with van der Waals surface area (Å²) < 4.78 is 1.57. The lowest BCUT2D eigenvalue weighted by molar-refractivity contribution is -0.119. The SMILES string of the molecule is CCCCCCCCCCCCCC(=O)Nc1ccc(Cl)c(NC2=NN(c3c(Cl)cc(Cl)cc3Cl)C(=O)C2n2nc(CC)nc2CC)c1. The second-order valence-corrected chi connectivity index (χ2v) is 13.7. The molecule has 0 fully saturated rings. The van der Waals surface area contributed by atoms with Crippen LogP contribution in [0.4, 0.5) is 17.1 Å². The minimum atomic E-state index is -1.01. The molecule has 0 radical (unpaired) electrons. The predicted molar refractivity (Wildman–Crippen MR) is 199 cm³/mol. The molecule has 48 heavy (non-hydrogen) atoms. The highest BCUT2D eigenvalue weighted by Gasteiger charge is 2.42. The van der Waals surface area contributed by atoms with Crippen LogP contribution in [-0.2, 0) is 22.4 Å². The van der Waals surface area contributed by atoms with Crippen LogP contribution in [0.3, 0.4) is 0 Å². The van der Waals surface area contributed by atoms with E-state index in [1.165, 1.54) is 63.5 Å². The van der Waals surface area contributed by atoms with Gasteiger partial charge in [0, 0.05) is 30.0 Å². The number of carbonyl (C=O) groups is 2. The molecule has 0 spiro atoms. The molecule has 260 valence electrons. The number of hydrogen-bond donors (Lipinski definition) is 2. The van der Waals surface area contributed by atoms with E-state index in [0.717, 1.165) is 24.3 Å². The molecule has 0 aliphatic carbocycles. The van der Waals surface area contributed by atoms with Crippen molar-refractivity contribution in [2.45, 2.75) is 117 Å². The number of hydrazone groups is 1. The fraction of sp³-hybridized carbons (Fsp3) is 0.514. The molecule has 1 aromatic heterocycles. The number of anilines is 3. The highest BCUT2D eigenvalue weighted by Crippen LogP contribution is 2.40. The van der Waals surface area contributed by atoms with Crippen LogP contribution in [-0.4, -0.2) is 32.4 Å². The molecule has 1 aliphatic rings. The van der Waals surface area contributed by atoms with Crippen LogP contribution in [0.2, 0.25) is 20.1 Å². The van der Waals surface area contributed by atoms with Crippen LogP contribution in [0.25, 0.3) is 0 Å². The Labute approximate surface area is 303 Å². The van der Waals surface area contributed by atoms with Crippen molar-refractivity contribution >= 4 is 81.1 Å². The lowest BCUT2D eigenvalue weighted by Gasteiger charge is -2.18. The summed E-state index contributed by atoms with van der Waals surface area (Å²) in [6.07, 6.45) is 15.0. The first-order chi connectivity index (χ1) is 23.2. The number of nitrogens with zero attached hydrogens (tertiary/aromatic N) is 5. The maximum atomic E-state index is 14.0. The van der Waals surface area contributed by atoms with Gasteiger partial charge >= 0.3 is 0 Å². The third-order valence-corrected chi connectivity index (χ3v) is 9.37. The quantitative estimate of drug-likeness (QED) is 0.127. The lowest BCUT2D eigenvalue weighted by Crippen LogP contribution is -2.34. The molecule has 3 aromatic rings. The zero-order chi connectivity index (χ0) is 34.6. The molecular weight excluding hydrogens is 692 g/mol. The maximum Gasteiger partial charge on any atom is 0.280 e. The number of amidine groups is 1. The highest BCUT2D eigenvalue weighted by atomic mass is 35.5. The van der Waals surface area contributed by atoms with Crippen LogP contribution < -0.4 is 15.6 Å². The number of rotatable bonds is 18. The normalized spacial score (nSPS) is 14.5. The second kappa shape index (κ2) is 18.8. The Bertz CT molecular complexity index is 1570. The monoisotopic (exact) mass is 735 g/mol. The van der Waals surface area contributed by atoms with Crippen LogP contribution in [0, 0.1) is 0 Å². The van der Waals surface area contributed by atoms with E-state index >= 15 is 0 Å². The molecule has 0 saturated heterocycles. The number of halogens is 4. The zero-order valence-corrected chi connectivity index (χ0v) is 31.0. The van der Waals surface area contributed by atoms with Gasteiger partial charge in [0.1, 0.15) is 11.5 Å². The lowest BCUT2D eigenvalue weighted by atomic mass is 10.1. The Morgan fingerprint density at radius 2 is 1.44 bits per heavy atom. The molecule has 2 heterocycles. The minimum Gasteiger partial charge on any atom is -0.339 e. The number of aromatic nitrogens is 3. The smallest absolute Gasteiger partial charge is 0.280 e. The first-order valence-corrected chi connectivity index (χ1v) is 18.6. The minimum absolute atomic E-state index is 0.0639. The van der Waals surface area contributed by atoms with Gasteiger partial charge in [0.25, 0.3) is 5.91 Å². The fourth-order valence-electron chi connectivity index (χ4n) is 5.67. The molecule has 2 aromatic carbocycles. The molecule has 0 bridgehead atoms. The molecule has 1 aliphatic heterocycles. The largest absolute Gasteiger partial charge is 0.339 e. The Kier molecular flexibility index (Phi) is 14.9. The Morgan fingerprint density at radius 1 is 0.812 bits per heavy atom. The number of amides is 2. The van der Waals surface area contributed by atoms with Crippen molar-refractivity contribution in [3.05, 3.63) is 62.1 Å². The van der Waals surface area contributed by atoms with Gasteiger partial charge in [-0.25, -0.2) is 9.67 Å². The van der Waals surface area contributed by atoms with Gasteiger partial charge in [-0.3, -0.25) is 9.59 Å². The number of carbonyl (C=O) groups excluding carboxylic acids is 2. The van der Waals surface area contributed by atoms with E-state index in [1.807, 2.05) is 13.8 Å². The van der Waals surface area contributed by atoms with E-state index in [2.05, 4.69) is 32.7 Å². The Hall–Kier alpha value is -2.85. The van der Waals surface area contributed by atoms with Gasteiger partial charge < -0.3 is 10.6 Å². The Balaban J connectivity index is 1.45. The van der Waals surface area contributed by atoms with Crippen molar-refractivity contribution in [1.29, 1.82) is 0 Å². The number of aryl methyl sites for hydroxylation is 2. The molecule has 1 atom stereocenters. The Morgan fingerprint density at radius 3 is 2.04 bits per heavy atom. The average Bonchev–Trinajstić information content (AvgIpc) is 3.60. The summed E-state index contributed by atoms with van der Waals surface area (Å²) in [6.45, 7) is 6.12. The summed E-state index contributed by atoms with van der Waals surface area (Å²) >= 11 is 25.8. The molecule has 2 N–H and O–H groups in total. The van der Waals surface area contributed by atoms with Gasteiger partial charge in [0.2, 0.25) is 5.91 Å². The zero-order valence-electron chi connectivity index (χ0n) is 27.9. The first-order valence-electron chi connectivity index (χ1n) is 17.0. The third-order valence-electron chi connectivity index (χ3n) is 8.25. The third kappa shape index (κ3) is 10.1. The van der Waals surface area contributed by atoms with Crippen molar-refractivity contribution < 1.29 is 9.59 Å². The number of hydrogen-bond acceptors (Lipinski definition) is 6. The number of nitrogens with one attached hydrogen (secondary N) is 2.